The van der Waals surface area contributed by atoms with Crippen molar-refractivity contribution in [3.8, 4) is 11.6 Å². The number of rotatable bonds is 6. The Kier molecular flexibility index (Phi) is 6.38. The lowest BCUT2D eigenvalue weighted by molar-refractivity contribution is 0.0923. The predicted octanol–water partition coefficient (Wildman–Crippen LogP) is 5.88. The van der Waals surface area contributed by atoms with Crippen LogP contribution in [0.25, 0.3) is 10.9 Å². The zero-order valence-corrected chi connectivity index (χ0v) is 19.2. The van der Waals surface area contributed by atoms with Crippen molar-refractivity contribution in [3.63, 3.8) is 0 Å². The number of hydrogen-bond donors (Lipinski definition) is 2. The number of amides is 1. The van der Waals surface area contributed by atoms with E-state index in [1.807, 2.05) is 55.5 Å². The third-order valence-electron chi connectivity index (χ3n) is 6.33. The number of carbonyl (C=O) groups excluding carboxylic acids is 1. The summed E-state index contributed by atoms with van der Waals surface area (Å²) in [6.45, 7) is 1.97. The first kappa shape index (κ1) is 21.9. The van der Waals surface area contributed by atoms with Crippen LogP contribution in [-0.4, -0.2) is 28.0 Å². The van der Waals surface area contributed by atoms with Gasteiger partial charge in [0.2, 0.25) is 5.88 Å². The van der Waals surface area contributed by atoms with Crippen LogP contribution >= 0.6 is 0 Å². The minimum Gasteiger partial charge on any atom is -0.438 e. The summed E-state index contributed by atoms with van der Waals surface area (Å²) in [5, 5.41) is 7.89. The molecule has 6 heteroatoms. The molecule has 0 aliphatic heterocycles. The molecule has 6 nitrogen and oxygen atoms in total. The molecule has 5 rings (SSSR count). The first-order valence-electron chi connectivity index (χ1n) is 11.8. The van der Waals surface area contributed by atoms with E-state index in [4.69, 9.17) is 9.72 Å². The van der Waals surface area contributed by atoms with E-state index in [0.717, 1.165) is 48.0 Å². The van der Waals surface area contributed by atoms with Gasteiger partial charge in [-0.1, -0.05) is 36.4 Å². The van der Waals surface area contributed by atoms with Crippen LogP contribution in [0.4, 0.5) is 5.82 Å². The smallest absolute Gasteiger partial charge is 0.257 e. The molecule has 0 bridgehead atoms. The maximum absolute atomic E-state index is 13.0. The number of nitrogens with one attached hydrogen (secondary N) is 2. The highest BCUT2D eigenvalue weighted by molar-refractivity contribution is 5.96. The van der Waals surface area contributed by atoms with Gasteiger partial charge in [0.15, 0.2) is 0 Å². The standard InChI is InChI=1S/C28H28N4O2/c1-19-7-2-5-11-25(19)34-28-23(9-6-18-29-28)27(33)31-22-15-13-21(14-16-22)30-26-17-12-20-8-3-4-10-24(20)32-26/h2-12,17-18,21-22H,13-16H2,1H3,(H,30,32)(H,31,33)/t21-,22+. The predicted molar refractivity (Wildman–Crippen MR) is 134 cm³/mol. The van der Waals surface area contributed by atoms with Crippen molar-refractivity contribution < 1.29 is 9.53 Å². The molecule has 1 saturated carbocycles. The second kappa shape index (κ2) is 9.91. The van der Waals surface area contributed by atoms with Gasteiger partial charge in [-0.15, -0.1) is 0 Å². The minimum atomic E-state index is -0.149. The molecule has 2 aromatic carbocycles. The summed E-state index contributed by atoms with van der Waals surface area (Å²) in [7, 11) is 0. The highest BCUT2D eigenvalue weighted by Gasteiger charge is 2.24. The largest absolute Gasteiger partial charge is 0.438 e. The van der Waals surface area contributed by atoms with Crippen molar-refractivity contribution in [2.24, 2.45) is 0 Å². The van der Waals surface area contributed by atoms with Crippen LogP contribution in [0.3, 0.4) is 0 Å². The monoisotopic (exact) mass is 452 g/mol. The number of ether oxygens (including phenoxy) is 1. The van der Waals surface area contributed by atoms with Crippen molar-refractivity contribution in [3.05, 3.63) is 90.1 Å². The van der Waals surface area contributed by atoms with Crippen LogP contribution in [0, 0.1) is 6.92 Å². The van der Waals surface area contributed by atoms with Gasteiger partial charge in [-0.3, -0.25) is 4.79 Å². The highest BCUT2D eigenvalue weighted by atomic mass is 16.5. The number of aryl methyl sites for hydroxylation is 1. The number of pyridine rings is 2. The summed E-state index contributed by atoms with van der Waals surface area (Å²) in [6, 6.07) is 24.0. The fourth-order valence-electron chi connectivity index (χ4n) is 4.42. The Labute approximate surface area is 199 Å². The van der Waals surface area contributed by atoms with Crippen molar-refractivity contribution in [2.45, 2.75) is 44.7 Å². The van der Waals surface area contributed by atoms with Crippen molar-refractivity contribution in [2.75, 3.05) is 5.32 Å². The van der Waals surface area contributed by atoms with Gasteiger partial charge in [0.1, 0.15) is 17.1 Å². The molecule has 0 atom stereocenters. The maximum Gasteiger partial charge on any atom is 0.257 e. The highest BCUT2D eigenvalue weighted by Crippen LogP contribution is 2.27. The van der Waals surface area contributed by atoms with Crippen LogP contribution in [-0.2, 0) is 0 Å². The average molecular weight is 453 g/mol. The van der Waals surface area contributed by atoms with Gasteiger partial charge in [-0.25, -0.2) is 9.97 Å². The summed E-state index contributed by atoms with van der Waals surface area (Å²) in [5.41, 5.74) is 2.44. The second-order valence-corrected chi connectivity index (χ2v) is 8.78. The number of carbonyl (C=O) groups is 1. The van der Waals surface area contributed by atoms with E-state index in [0.29, 0.717) is 23.2 Å². The number of hydrogen-bond acceptors (Lipinski definition) is 5. The third-order valence-corrected chi connectivity index (χ3v) is 6.33. The molecule has 172 valence electrons. The summed E-state index contributed by atoms with van der Waals surface area (Å²) in [6.07, 6.45) is 5.40. The Balaban J connectivity index is 1.18. The molecule has 0 unspecified atom stereocenters. The number of benzene rings is 2. The molecule has 1 aliphatic rings. The topological polar surface area (TPSA) is 76.1 Å². The molecular weight excluding hydrogens is 424 g/mol. The normalized spacial score (nSPS) is 17.8. The summed E-state index contributed by atoms with van der Waals surface area (Å²) in [4.78, 5) is 22.1. The molecule has 0 saturated heterocycles. The average Bonchev–Trinajstić information content (AvgIpc) is 2.87. The number of fused-ring (bicyclic) bond motifs is 1. The Hall–Kier alpha value is -3.93. The number of aromatic nitrogens is 2. The number of nitrogens with zero attached hydrogens (tertiary/aromatic N) is 2. The molecular formula is C28H28N4O2. The molecule has 1 amide bonds. The molecule has 1 aliphatic carbocycles. The van der Waals surface area contributed by atoms with Gasteiger partial charge >= 0.3 is 0 Å². The fourth-order valence-corrected chi connectivity index (χ4v) is 4.42. The molecule has 1 fully saturated rings. The quantitative estimate of drug-likeness (QED) is 0.382. The summed E-state index contributed by atoms with van der Waals surface area (Å²) < 4.78 is 5.98. The van der Waals surface area contributed by atoms with Gasteiger partial charge in [0.25, 0.3) is 5.91 Å². The Morgan fingerprint density at radius 2 is 1.65 bits per heavy atom. The van der Waals surface area contributed by atoms with Crippen LogP contribution < -0.4 is 15.4 Å². The maximum atomic E-state index is 13.0. The zero-order chi connectivity index (χ0) is 23.3. The van der Waals surface area contributed by atoms with Crippen LogP contribution in [0.15, 0.2) is 79.0 Å². The minimum absolute atomic E-state index is 0.127. The van der Waals surface area contributed by atoms with Crippen molar-refractivity contribution in [1.82, 2.24) is 15.3 Å². The van der Waals surface area contributed by atoms with Gasteiger partial charge in [0.05, 0.1) is 5.52 Å². The van der Waals surface area contributed by atoms with E-state index >= 15 is 0 Å². The van der Waals surface area contributed by atoms with E-state index < -0.39 is 0 Å². The molecule has 2 aromatic heterocycles. The summed E-state index contributed by atoms with van der Waals surface area (Å²) in [5.74, 6) is 1.78. The van der Waals surface area contributed by atoms with Crippen LogP contribution in [0.5, 0.6) is 11.6 Å². The Bertz CT molecular complexity index is 1300. The van der Waals surface area contributed by atoms with Crippen molar-refractivity contribution in [1.29, 1.82) is 0 Å². The van der Waals surface area contributed by atoms with Gasteiger partial charge in [-0.05, 0) is 74.6 Å². The van der Waals surface area contributed by atoms with Crippen LogP contribution in [0.2, 0.25) is 0 Å². The number of para-hydroxylation sites is 2. The van der Waals surface area contributed by atoms with E-state index in [2.05, 4.69) is 27.8 Å². The SMILES string of the molecule is Cc1ccccc1Oc1ncccc1C(=O)N[C@H]1CC[C@@H](Nc2ccc3ccccc3n2)CC1. The van der Waals surface area contributed by atoms with Crippen LogP contribution in [0.1, 0.15) is 41.6 Å². The zero-order valence-electron chi connectivity index (χ0n) is 19.2. The lowest BCUT2D eigenvalue weighted by atomic mass is 9.91. The molecule has 0 spiro atoms. The second-order valence-electron chi connectivity index (χ2n) is 8.78. The summed E-state index contributed by atoms with van der Waals surface area (Å²) >= 11 is 0. The molecule has 4 aromatic rings. The molecule has 34 heavy (non-hydrogen) atoms. The van der Waals surface area contributed by atoms with Gasteiger partial charge in [-0.2, -0.15) is 0 Å². The number of anilines is 1. The lowest BCUT2D eigenvalue weighted by Gasteiger charge is -2.30. The Morgan fingerprint density at radius 1 is 0.882 bits per heavy atom. The molecule has 2 N–H and O–H groups in total. The Morgan fingerprint density at radius 3 is 2.50 bits per heavy atom. The van der Waals surface area contributed by atoms with Crippen molar-refractivity contribution >= 4 is 22.6 Å². The first-order chi connectivity index (χ1) is 16.7. The molecule has 2 heterocycles. The van der Waals surface area contributed by atoms with E-state index in [-0.39, 0.29) is 11.9 Å². The van der Waals surface area contributed by atoms with Gasteiger partial charge in [0, 0.05) is 23.7 Å². The molecule has 0 radical (unpaired) electrons. The third kappa shape index (κ3) is 5.01. The lowest BCUT2D eigenvalue weighted by Crippen LogP contribution is -2.40. The van der Waals surface area contributed by atoms with E-state index in [9.17, 15) is 4.79 Å². The van der Waals surface area contributed by atoms with E-state index in [1.54, 1.807) is 18.3 Å². The van der Waals surface area contributed by atoms with E-state index in [1.165, 1.54) is 0 Å². The fraction of sp³-hybridized carbons (Fsp3) is 0.250. The van der Waals surface area contributed by atoms with Gasteiger partial charge < -0.3 is 15.4 Å². The first-order valence-corrected chi connectivity index (χ1v) is 11.8.